The molecule has 0 atom stereocenters. The second kappa shape index (κ2) is 5.17. The molecule has 0 aliphatic carbocycles. The molecule has 1 aliphatic heterocycles. The number of anilines is 1. The molecule has 0 fully saturated rings. The van der Waals surface area contributed by atoms with Gasteiger partial charge in [0.15, 0.2) is 0 Å². The van der Waals surface area contributed by atoms with E-state index >= 15 is 0 Å². The number of aryl methyl sites for hydroxylation is 2. The molecule has 1 N–H and O–H groups in total. The molecule has 0 unspecified atom stereocenters. The van der Waals surface area contributed by atoms with Crippen LogP contribution in [0.3, 0.4) is 0 Å². The zero-order valence-electron chi connectivity index (χ0n) is 11.5. The number of nitrogens with one attached hydrogen (secondary N) is 1. The number of amides is 1. The minimum atomic E-state index is -0.252. The molecule has 1 amide bonds. The maximum Gasteiger partial charge on any atom is 0.275 e. The summed E-state index contributed by atoms with van der Waals surface area (Å²) in [5, 5.41) is 3.94. The Morgan fingerprint density at radius 2 is 1.71 bits per heavy atom. The van der Waals surface area contributed by atoms with Gasteiger partial charge in [0.25, 0.3) is 5.91 Å². The van der Waals surface area contributed by atoms with Gasteiger partial charge in [0.2, 0.25) is 0 Å². The SMILES string of the molecule is Cc1ccc(N=C2C(=O)Nc3c(C)ccc(Cl)c32)cc1Cl. The Bertz CT molecular complexity index is 797. The molecule has 106 valence electrons. The number of hydrogen-bond donors (Lipinski definition) is 1. The van der Waals surface area contributed by atoms with Gasteiger partial charge < -0.3 is 5.32 Å². The zero-order valence-corrected chi connectivity index (χ0v) is 13.0. The quantitative estimate of drug-likeness (QED) is 0.814. The largest absolute Gasteiger partial charge is 0.320 e. The summed E-state index contributed by atoms with van der Waals surface area (Å²) in [4.78, 5) is 16.6. The number of aliphatic imine (C=N–C) groups is 1. The molecule has 0 saturated carbocycles. The summed E-state index contributed by atoms with van der Waals surface area (Å²) in [6, 6.07) is 9.07. The molecule has 0 bridgehead atoms. The van der Waals surface area contributed by atoms with Gasteiger partial charge in [-0.3, -0.25) is 4.79 Å². The molecule has 0 spiro atoms. The molecule has 3 nitrogen and oxygen atoms in total. The van der Waals surface area contributed by atoms with Crippen LogP contribution in [0.5, 0.6) is 0 Å². The first-order chi connectivity index (χ1) is 9.97. The van der Waals surface area contributed by atoms with Crippen molar-refractivity contribution in [1.82, 2.24) is 0 Å². The molecule has 2 aromatic rings. The molecule has 0 radical (unpaired) electrons. The van der Waals surface area contributed by atoms with Gasteiger partial charge in [-0.1, -0.05) is 35.3 Å². The lowest BCUT2D eigenvalue weighted by Gasteiger charge is -2.04. The Labute approximate surface area is 132 Å². The third-order valence-electron chi connectivity index (χ3n) is 3.45. The van der Waals surface area contributed by atoms with E-state index in [1.807, 2.05) is 32.0 Å². The molecule has 0 saturated heterocycles. The Kier molecular flexibility index (Phi) is 3.47. The van der Waals surface area contributed by atoms with Crippen molar-refractivity contribution in [3.05, 3.63) is 57.1 Å². The van der Waals surface area contributed by atoms with Crippen molar-refractivity contribution in [3.8, 4) is 0 Å². The third-order valence-corrected chi connectivity index (χ3v) is 4.17. The predicted octanol–water partition coefficient (Wildman–Crippen LogP) is 4.68. The number of halogens is 2. The Morgan fingerprint density at radius 1 is 1.00 bits per heavy atom. The highest BCUT2D eigenvalue weighted by Gasteiger charge is 2.29. The molecule has 1 heterocycles. The van der Waals surface area contributed by atoms with Crippen LogP contribution in [0.15, 0.2) is 35.3 Å². The highest BCUT2D eigenvalue weighted by Crippen LogP contribution is 2.34. The number of carbonyl (C=O) groups excluding carboxylic acids is 1. The van der Waals surface area contributed by atoms with Gasteiger partial charge in [0.05, 0.1) is 16.4 Å². The highest BCUT2D eigenvalue weighted by molar-refractivity contribution is 6.57. The molecular weight excluding hydrogens is 307 g/mol. The normalized spacial score (nSPS) is 15.2. The smallest absolute Gasteiger partial charge is 0.275 e. The lowest BCUT2D eigenvalue weighted by Crippen LogP contribution is -2.14. The van der Waals surface area contributed by atoms with Crippen LogP contribution in [0, 0.1) is 13.8 Å². The fraction of sp³-hybridized carbons (Fsp3) is 0.125. The minimum Gasteiger partial charge on any atom is -0.320 e. The summed E-state index contributed by atoms with van der Waals surface area (Å²) >= 11 is 12.3. The van der Waals surface area contributed by atoms with Gasteiger partial charge in [-0.05, 0) is 43.2 Å². The van der Waals surface area contributed by atoms with Crippen LogP contribution in [0.4, 0.5) is 11.4 Å². The van der Waals surface area contributed by atoms with Gasteiger partial charge in [0.1, 0.15) is 5.71 Å². The van der Waals surface area contributed by atoms with Crippen molar-refractivity contribution < 1.29 is 4.79 Å². The monoisotopic (exact) mass is 318 g/mol. The van der Waals surface area contributed by atoms with E-state index in [-0.39, 0.29) is 5.91 Å². The number of benzene rings is 2. The van der Waals surface area contributed by atoms with Gasteiger partial charge in [-0.25, -0.2) is 4.99 Å². The van der Waals surface area contributed by atoms with Gasteiger partial charge in [-0.2, -0.15) is 0 Å². The summed E-state index contributed by atoms with van der Waals surface area (Å²) in [6.45, 7) is 3.83. The number of carbonyl (C=O) groups is 1. The lowest BCUT2D eigenvalue weighted by atomic mass is 10.1. The molecule has 3 rings (SSSR count). The Hall–Kier alpha value is -1.84. The summed E-state index contributed by atoms with van der Waals surface area (Å²) in [5.74, 6) is -0.252. The van der Waals surface area contributed by atoms with E-state index in [0.29, 0.717) is 27.0 Å². The highest BCUT2D eigenvalue weighted by atomic mass is 35.5. The van der Waals surface area contributed by atoms with Gasteiger partial charge in [-0.15, -0.1) is 0 Å². The van der Waals surface area contributed by atoms with Crippen molar-refractivity contribution in [2.75, 3.05) is 5.32 Å². The first-order valence-corrected chi connectivity index (χ1v) is 7.18. The summed E-state index contributed by atoms with van der Waals surface area (Å²) < 4.78 is 0. The average molecular weight is 319 g/mol. The van der Waals surface area contributed by atoms with E-state index in [2.05, 4.69) is 10.3 Å². The van der Waals surface area contributed by atoms with Crippen molar-refractivity contribution in [1.29, 1.82) is 0 Å². The summed E-state index contributed by atoms with van der Waals surface area (Å²) in [7, 11) is 0. The van der Waals surface area contributed by atoms with E-state index < -0.39 is 0 Å². The molecule has 5 heteroatoms. The lowest BCUT2D eigenvalue weighted by molar-refractivity contribution is -0.110. The van der Waals surface area contributed by atoms with Crippen LogP contribution in [0.25, 0.3) is 0 Å². The van der Waals surface area contributed by atoms with Crippen LogP contribution in [-0.2, 0) is 4.79 Å². The Morgan fingerprint density at radius 3 is 2.43 bits per heavy atom. The van der Waals surface area contributed by atoms with Crippen molar-refractivity contribution >= 4 is 46.2 Å². The number of nitrogens with zero attached hydrogens (tertiary/aromatic N) is 1. The molecule has 21 heavy (non-hydrogen) atoms. The van der Waals surface area contributed by atoms with Crippen LogP contribution < -0.4 is 5.32 Å². The third kappa shape index (κ3) is 2.43. The fourth-order valence-electron chi connectivity index (χ4n) is 2.25. The van der Waals surface area contributed by atoms with Crippen LogP contribution in [0.1, 0.15) is 16.7 Å². The van der Waals surface area contributed by atoms with Crippen LogP contribution in [-0.4, -0.2) is 11.6 Å². The van der Waals surface area contributed by atoms with E-state index in [9.17, 15) is 4.79 Å². The van der Waals surface area contributed by atoms with E-state index in [1.54, 1.807) is 12.1 Å². The first kappa shape index (κ1) is 14.1. The molecule has 1 aliphatic rings. The topological polar surface area (TPSA) is 41.5 Å². The summed E-state index contributed by atoms with van der Waals surface area (Å²) in [6.07, 6.45) is 0. The van der Waals surface area contributed by atoms with Crippen molar-refractivity contribution in [2.24, 2.45) is 4.99 Å². The van der Waals surface area contributed by atoms with E-state index in [4.69, 9.17) is 23.2 Å². The predicted molar refractivity (Wildman–Crippen MR) is 87.2 cm³/mol. The average Bonchev–Trinajstić information content (AvgIpc) is 2.77. The maximum atomic E-state index is 12.2. The van der Waals surface area contributed by atoms with Gasteiger partial charge in [0, 0.05) is 10.6 Å². The second-order valence-electron chi connectivity index (χ2n) is 4.96. The molecule has 0 aromatic heterocycles. The van der Waals surface area contributed by atoms with Crippen molar-refractivity contribution in [3.63, 3.8) is 0 Å². The fourth-order valence-corrected chi connectivity index (χ4v) is 2.67. The van der Waals surface area contributed by atoms with E-state index in [1.165, 1.54) is 0 Å². The number of fused-ring (bicyclic) bond motifs is 1. The zero-order chi connectivity index (χ0) is 15.1. The Balaban J connectivity index is 2.16. The standard InChI is InChI=1S/C16H12Cl2N2O/c1-8-3-5-10(7-12(8)18)19-15-13-11(17)6-4-9(2)14(13)20-16(15)21/h3-7H,1-2H3,(H,19,20,21). The first-order valence-electron chi connectivity index (χ1n) is 6.43. The summed E-state index contributed by atoms with van der Waals surface area (Å²) in [5.41, 5.74) is 4.24. The van der Waals surface area contributed by atoms with E-state index in [0.717, 1.165) is 16.8 Å². The minimum absolute atomic E-state index is 0.252. The molecular formula is C16H12Cl2N2O. The maximum absolute atomic E-state index is 12.2. The van der Waals surface area contributed by atoms with Crippen LogP contribution in [0.2, 0.25) is 10.0 Å². The second-order valence-corrected chi connectivity index (χ2v) is 5.78. The van der Waals surface area contributed by atoms with Crippen LogP contribution >= 0.6 is 23.2 Å². The number of hydrogen-bond acceptors (Lipinski definition) is 2. The molecule has 2 aromatic carbocycles. The van der Waals surface area contributed by atoms with Crippen molar-refractivity contribution in [2.45, 2.75) is 13.8 Å². The number of rotatable bonds is 1. The van der Waals surface area contributed by atoms with Gasteiger partial charge >= 0.3 is 0 Å².